The first-order valence-corrected chi connectivity index (χ1v) is 10.2. The molecule has 0 unspecified atom stereocenters. The van der Waals surface area contributed by atoms with Gasteiger partial charge in [-0.2, -0.15) is 18.3 Å². The molecule has 1 fully saturated rings. The number of nitrogens with zero attached hydrogens (tertiary/aromatic N) is 4. The lowest BCUT2D eigenvalue weighted by atomic mass is 10.0. The molecule has 1 aromatic carbocycles. The number of H-pyrrole nitrogens is 1. The van der Waals surface area contributed by atoms with Crippen LogP contribution < -0.4 is 9.64 Å². The van der Waals surface area contributed by atoms with Crippen molar-refractivity contribution in [3.8, 4) is 5.75 Å². The zero-order valence-electron chi connectivity index (χ0n) is 17.4. The van der Waals surface area contributed by atoms with E-state index >= 15 is 0 Å². The summed E-state index contributed by atoms with van der Waals surface area (Å²) in [7, 11) is 0. The lowest BCUT2D eigenvalue weighted by Crippen LogP contribution is -2.21. The summed E-state index contributed by atoms with van der Waals surface area (Å²) >= 11 is 0. The van der Waals surface area contributed by atoms with Crippen molar-refractivity contribution in [3.63, 3.8) is 0 Å². The van der Waals surface area contributed by atoms with Crippen molar-refractivity contribution in [1.29, 1.82) is 0 Å². The fraction of sp³-hybridized carbons (Fsp3) is 0.409. The molecule has 1 aliphatic heterocycles. The molecule has 2 aromatic heterocycles. The summed E-state index contributed by atoms with van der Waals surface area (Å²) in [5, 5.41) is 7.51. The molecule has 1 aliphatic rings. The van der Waals surface area contributed by atoms with Crippen molar-refractivity contribution in [2.24, 2.45) is 0 Å². The van der Waals surface area contributed by atoms with E-state index in [0.29, 0.717) is 24.7 Å². The van der Waals surface area contributed by atoms with Crippen LogP contribution in [0.25, 0.3) is 0 Å². The maximum atomic E-state index is 12.6. The summed E-state index contributed by atoms with van der Waals surface area (Å²) in [6.45, 7) is 5.99. The summed E-state index contributed by atoms with van der Waals surface area (Å²) in [6.07, 6.45) is -2.75. The van der Waals surface area contributed by atoms with Gasteiger partial charge in [0.2, 0.25) is 0 Å². The summed E-state index contributed by atoms with van der Waals surface area (Å²) in [5.74, 6) is 2.45. The number of rotatable bonds is 6. The number of aromatic amines is 1. The zero-order valence-corrected chi connectivity index (χ0v) is 17.4. The Kier molecular flexibility index (Phi) is 5.84. The highest BCUT2D eigenvalue weighted by atomic mass is 19.4. The van der Waals surface area contributed by atoms with E-state index in [9.17, 15) is 13.2 Å². The first kappa shape index (κ1) is 21.1. The molecule has 0 bridgehead atoms. The third kappa shape index (κ3) is 5.15. The van der Waals surface area contributed by atoms with Gasteiger partial charge in [0.15, 0.2) is 0 Å². The lowest BCUT2D eigenvalue weighted by molar-refractivity contribution is -0.137. The SMILES string of the molecule is Cc1cc(N2CC[C@H](c3cc(CCOc4ccc(C(F)(F)F)cc4)[nH]n3)C2)nc(C)n1. The van der Waals surface area contributed by atoms with Gasteiger partial charge in [-0.15, -0.1) is 0 Å². The van der Waals surface area contributed by atoms with Crippen molar-refractivity contribution in [1.82, 2.24) is 20.2 Å². The minimum atomic E-state index is -4.34. The molecule has 1 N–H and O–H groups in total. The highest BCUT2D eigenvalue weighted by Crippen LogP contribution is 2.31. The number of hydrogen-bond donors (Lipinski definition) is 1. The van der Waals surface area contributed by atoms with Crippen LogP contribution in [0.4, 0.5) is 19.0 Å². The summed E-state index contributed by atoms with van der Waals surface area (Å²) in [4.78, 5) is 11.1. The Bertz CT molecular complexity index is 1010. The first-order chi connectivity index (χ1) is 14.8. The molecular weight excluding hydrogens is 407 g/mol. The van der Waals surface area contributed by atoms with Gasteiger partial charge >= 0.3 is 6.18 Å². The standard InChI is InChI=1S/C22H24F3N5O/c1-14-11-21(27-15(2)26-14)30-9-7-16(13-30)20-12-18(28-29-20)8-10-31-19-5-3-17(4-6-19)22(23,24)25/h3-6,11-12,16H,7-10,13H2,1-2H3,(H,28,29)/t16-/m0/s1. The quantitative estimate of drug-likeness (QED) is 0.625. The molecule has 4 rings (SSSR count). The summed E-state index contributed by atoms with van der Waals surface area (Å²) in [6, 6.07) is 8.77. The van der Waals surface area contributed by atoms with Crippen LogP contribution in [0.2, 0.25) is 0 Å². The number of aryl methyl sites for hydroxylation is 2. The molecule has 31 heavy (non-hydrogen) atoms. The zero-order chi connectivity index (χ0) is 22.0. The van der Waals surface area contributed by atoms with Gasteiger partial charge in [0.1, 0.15) is 17.4 Å². The summed E-state index contributed by atoms with van der Waals surface area (Å²) < 4.78 is 43.4. The number of hydrogen-bond acceptors (Lipinski definition) is 5. The van der Waals surface area contributed by atoms with Crippen molar-refractivity contribution in [3.05, 3.63) is 64.9 Å². The molecule has 0 aliphatic carbocycles. The molecule has 3 aromatic rings. The van der Waals surface area contributed by atoms with Gasteiger partial charge in [-0.25, -0.2) is 9.97 Å². The number of aromatic nitrogens is 4. The molecule has 3 heterocycles. The fourth-order valence-corrected chi connectivity index (χ4v) is 3.80. The molecule has 0 radical (unpaired) electrons. The number of ether oxygens (including phenoxy) is 1. The Hall–Kier alpha value is -3.10. The molecule has 0 amide bonds. The average molecular weight is 431 g/mol. The fourth-order valence-electron chi connectivity index (χ4n) is 3.80. The Morgan fingerprint density at radius 3 is 2.61 bits per heavy atom. The third-order valence-electron chi connectivity index (χ3n) is 5.36. The normalized spacial score (nSPS) is 16.7. The van der Waals surface area contributed by atoms with Crippen LogP contribution in [0.1, 0.15) is 40.8 Å². The van der Waals surface area contributed by atoms with Gasteiger partial charge in [-0.05, 0) is 50.6 Å². The van der Waals surface area contributed by atoms with Crippen LogP contribution in [0.15, 0.2) is 36.4 Å². The molecule has 164 valence electrons. The third-order valence-corrected chi connectivity index (χ3v) is 5.36. The van der Waals surface area contributed by atoms with E-state index in [-0.39, 0.29) is 0 Å². The van der Waals surface area contributed by atoms with Gasteiger partial charge in [0.05, 0.1) is 17.9 Å². The number of alkyl halides is 3. The van der Waals surface area contributed by atoms with Gasteiger partial charge in [-0.1, -0.05) is 0 Å². The van der Waals surface area contributed by atoms with E-state index in [2.05, 4.69) is 25.1 Å². The van der Waals surface area contributed by atoms with E-state index in [4.69, 9.17) is 4.74 Å². The maximum absolute atomic E-state index is 12.6. The largest absolute Gasteiger partial charge is 0.493 e. The van der Waals surface area contributed by atoms with Crippen molar-refractivity contribution in [2.45, 2.75) is 38.8 Å². The Morgan fingerprint density at radius 2 is 1.90 bits per heavy atom. The van der Waals surface area contributed by atoms with Crippen LogP contribution in [-0.2, 0) is 12.6 Å². The second-order valence-corrected chi connectivity index (χ2v) is 7.78. The smallest absolute Gasteiger partial charge is 0.416 e. The van der Waals surface area contributed by atoms with Gasteiger partial charge in [0, 0.05) is 42.9 Å². The molecule has 1 saturated heterocycles. The molecule has 9 heteroatoms. The molecule has 1 atom stereocenters. The maximum Gasteiger partial charge on any atom is 0.416 e. The molecular formula is C22H24F3N5O. The van der Waals surface area contributed by atoms with E-state index in [1.54, 1.807) is 0 Å². The Balaban J connectivity index is 1.30. The van der Waals surface area contributed by atoms with Crippen molar-refractivity contribution < 1.29 is 17.9 Å². The monoisotopic (exact) mass is 431 g/mol. The van der Waals surface area contributed by atoms with Crippen LogP contribution in [0, 0.1) is 13.8 Å². The topological polar surface area (TPSA) is 66.9 Å². The van der Waals surface area contributed by atoms with E-state index in [0.717, 1.165) is 60.4 Å². The highest BCUT2D eigenvalue weighted by molar-refractivity contribution is 5.42. The minimum Gasteiger partial charge on any atom is -0.493 e. The molecule has 0 saturated carbocycles. The predicted octanol–water partition coefficient (Wildman–Crippen LogP) is 4.45. The Labute approximate surface area is 178 Å². The van der Waals surface area contributed by atoms with Crippen molar-refractivity contribution in [2.75, 3.05) is 24.6 Å². The number of nitrogens with one attached hydrogen (secondary N) is 1. The van der Waals surface area contributed by atoms with Gasteiger partial charge in [-0.3, -0.25) is 5.10 Å². The summed E-state index contributed by atoms with van der Waals surface area (Å²) in [5.41, 5.74) is 2.22. The van der Waals surface area contributed by atoms with E-state index in [1.807, 2.05) is 26.0 Å². The van der Waals surface area contributed by atoms with Crippen LogP contribution in [0.3, 0.4) is 0 Å². The first-order valence-electron chi connectivity index (χ1n) is 10.2. The highest BCUT2D eigenvalue weighted by Gasteiger charge is 2.30. The number of benzene rings is 1. The number of anilines is 1. The Morgan fingerprint density at radius 1 is 1.13 bits per heavy atom. The van der Waals surface area contributed by atoms with Crippen LogP contribution >= 0.6 is 0 Å². The van der Waals surface area contributed by atoms with Gasteiger partial charge < -0.3 is 9.64 Å². The predicted molar refractivity (Wildman–Crippen MR) is 110 cm³/mol. The number of halogens is 3. The van der Waals surface area contributed by atoms with Gasteiger partial charge in [0.25, 0.3) is 0 Å². The van der Waals surface area contributed by atoms with Crippen LogP contribution in [0.5, 0.6) is 5.75 Å². The minimum absolute atomic E-state index is 0.316. The average Bonchev–Trinajstić information content (AvgIpc) is 3.36. The van der Waals surface area contributed by atoms with E-state index < -0.39 is 11.7 Å². The second kappa shape index (κ2) is 8.56. The molecule has 6 nitrogen and oxygen atoms in total. The van der Waals surface area contributed by atoms with Crippen molar-refractivity contribution >= 4 is 5.82 Å². The van der Waals surface area contributed by atoms with Crippen LogP contribution in [-0.4, -0.2) is 39.9 Å². The lowest BCUT2D eigenvalue weighted by Gasteiger charge is -2.17. The molecule has 0 spiro atoms. The second-order valence-electron chi connectivity index (χ2n) is 7.78. The van der Waals surface area contributed by atoms with E-state index in [1.165, 1.54) is 12.1 Å².